The summed E-state index contributed by atoms with van der Waals surface area (Å²) < 4.78 is 0. The van der Waals surface area contributed by atoms with E-state index in [4.69, 9.17) is 5.73 Å². The largest absolute Gasteiger partial charge is 0.347 e. The number of unbranched alkanes of at least 4 members (excludes halogenated alkanes) is 1. The van der Waals surface area contributed by atoms with Crippen molar-refractivity contribution in [3.05, 3.63) is 15.6 Å². The van der Waals surface area contributed by atoms with Gasteiger partial charge in [-0.1, -0.05) is 32.6 Å². The van der Waals surface area contributed by atoms with Gasteiger partial charge < -0.3 is 11.1 Å². The van der Waals surface area contributed by atoms with Gasteiger partial charge in [-0.05, 0) is 26.2 Å². The zero-order valence-corrected chi connectivity index (χ0v) is 16.4. The third-order valence-electron chi connectivity index (χ3n) is 4.25. The number of aromatic nitrogens is 1. The molecule has 1 aromatic heterocycles. The van der Waals surface area contributed by atoms with Crippen LogP contribution in [0.1, 0.15) is 78.2 Å². The monoisotopic (exact) mass is 381 g/mol. The average molecular weight is 382 g/mol. The van der Waals surface area contributed by atoms with Crippen molar-refractivity contribution >= 4 is 42.1 Å². The van der Waals surface area contributed by atoms with E-state index in [2.05, 4.69) is 17.2 Å². The predicted octanol–water partition coefficient (Wildman–Crippen LogP) is 4.20. The molecule has 0 spiro atoms. The van der Waals surface area contributed by atoms with Gasteiger partial charge in [-0.15, -0.1) is 36.2 Å². The Balaban J connectivity index is 0.00000242. The Bertz CT molecular complexity index is 476. The standard InChI is InChI=1S/C16H27N3OS.2ClH/c1-3-4-9-13(10-17)19-15(20)14-11(2)18-16(21-14)12-7-5-6-8-12;;/h12-13H,3-10,17H2,1-2H3,(H,19,20);2*1H. The van der Waals surface area contributed by atoms with Crippen molar-refractivity contribution in [2.24, 2.45) is 5.73 Å². The van der Waals surface area contributed by atoms with Crippen LogP contribution in [0.5, 0.6) is 0 Å². The Kier molecular flexibility index (Phi) is 11.1. The van der Waals surface area contributed by atoms with Crippen molar-refractivity contribution in [2.75, 3.05) is 6.54 Å². The van der Waals surface area contributed by atoms with Gasteiger partial charge in [0.25, 0.3) is 5.91 Å². The molecule has 0 radical (unpaired) electrons. The van der Waals surface area contributed by atoms with Gasteiger partial charge in [0.05, 0.1) is 10.7 Å². The van der Waals surface area contributed by atoms with Crippen molar-refractivity contribution in [3.63, 3.8) is 0 Å². The lowest BCUT2D eigenvalue weighted by molar-refractivity contribution is 0.0939. The highest BCUT2D eigenvalue weighted by atomic mass is 35.5. The maximum absolute atomic E-state index is 12.4. The summed E-state index contributed by atoms with van der Waals surface area (Å²) >= 11 is 1.58. The van der Waals surface area contributed by atoms with Gasteiger partial charge in [0.15, 0.2) is 0 Å². The molecule has 1 aliphatic carbocycles. The van der Waals surface area contributed by atoms with Crippen LogP contribution >= 0.6 is 36.2 Å². The molecule has 1 amide bonds. The number of rotatable bonds is 7. The molecular formula is C16H29Cl2N3OS. The molecule has 0 aromatic carbocycles. The second-order valence-electron chi connectivity index (χ2n) is 6.00. The van der Waals surface area contributed by atoms with Crippen LogP contribution in [0.4, 0.5) is 0 Å². The molecule has 1 aromatic rings. The van der Waals surface area contributed by atoms with E-state index in [-0.39, 0.29) is 36.8 Å². The minimum absolute atomic E-state index is 0. The molecule has 2 rings (SSSR count). The molecule has 1 atom stereocenters. The van der Waals surface area contributed by atoms with E-state index < -0.39 is 0 Å². The maximum Gasteiger partial charge on any atom is 0.263 e. The van der Waals surface area contributed by atoms with E-state index in [1.54, 1.807) is 11.3 Å². The van der Waals surface area contributed by atoms with Crippen molar-refractivity contribution in [3.8, 4) is 0 Å². The maximum atomic E-state index is 12.4. The first-order chi connectivity index (χ1) is 10.2. The molecule has 0 bridgehead atoms. The third kappa shape index (κ3) is 6.22. The molecule has 0 aliphatic heterocycles. The number of amides is 1. The summed E-state index contributed by atoms with van der Waals surface area (Å²) in [5, 5.41) is 4.22. The normalized spacial score (nSPS) is 15.6. The first-order valence-corrected chi connectivity index (χ1v) is 8.95. The quantitative estimate of drug-likeness (QED) is 0.743. The van der Waals surface area contributed by atoms with Gasteiger partial charge in [0.2, 0.25) is 0 Å². The Labute approximate surface area is 155 Å². The van der Waals surface area contributed by atoms with E-state index in [1.165, 1.54) is 25.7 Å². The van der Waals surface area contributed by atoms with Gasteiger partial charge in [-0.3, -0.25) is 4.79 Å². The summed E-state index contributed by atoms with van der Waals surface area (Å²) in [4.78, 5) is 17.8. The molecule has 1 fully saturated rings. The summed E-state index contributed by atoms with van der Waals surface area (Å²) in [5.41, 5.74) is 6.62. The highest BCUT2D eigenvalue weighted by molar-refractivity contribution is 7.13. The predicted molar refractivity (Wildman–Crippen MR) is 102 cm³/mol. The van der Waals surface area contributed by atoms with E-state index in [9.17, 15) is 4.79 Å². The first kappa shape index (κ1) is 22.6. The van der Waals surface area contributed by atoms with Crippen molar-refractivity contribution in [2.45, 2.75) is 70.8 Å². The topological polar surface area (TPSA) is 68.0 Å². The minimum atomic E-state index is 0. The molecule has 3 N–H and O–H groups in total. The number of hydrogen-bond acceptors (Lipinski definition) is 4. The van der Waals surface area contributed by atoms with Gasteiger partial charge >= 0.3 is 0 Å². The minimum Gasteiger partial charge on any atom is -0.347 e. The lowest BCUT2D eigenvalue weighted by Crippen LogP contribution is -2.40. The van der Waals surface area contributed by atoms with E-state index in [0.717, 1.165) is 34.8 Å². The first-order valence-electron chi connectivity index (χ1n) is 8.14. The smallest absolute Gasteiger partial charge is 0.263 e. The number of nitrogens with two attached hydrogens (primary N) is 1. The zero-order chi connectivity index (χ0) is 15.2. The average Bonchev–Trinajstić information content (AvgIpc) is 3.12. The van der Waals surface area contributed by atoms with Gasteiger partial charge in [-0.2, -0.15) is 0 Å². The van der Waals surface area contributed by atoms with E-state index in [1.807, 2.05) is 6.92 Å². The number of thiazole rings is 1. The number of aryl methyl sites for hydroxylation is 1. The molecule has 1 unspecified atom stereocenters. The zero-order valence-electron chi connectivity index (χ0n) is 14.0. The molecule has 1 saturated carbocycles. The summed E-state index contributed by atoms with van der Waals surface area (Å²) in [6, 6.07) is 0.0777. The highest BCUT2D eigenvalue weighted by Gasteiger charge is 2.24. The van der Waals surface area contributed by atoms with Gasteiger partial charge in [0, 0.05) is 18.5 Å². The Hall–Kier alpha value is -0.360. The van der Waals surface area contributed by atoms with Gasteiger partial charge in [-0.25, -0.2) is 4.98 Å². The molecule has 1 heterocycles. The van der Waals surface area contributed by atoms with Crippen molar-refractivity contribution in [1.29, 1.82) is 0 Å². The molecule has 0 saturated heterocycles. The Morgan fingerprint density at radius 3 is 2.61 bits per heavy atom. The Morgan fingerprint density at radius 1 is 1.39 bits per heavy atom. The third-order valence-corrected chi connectivity index (χ3v) is 5.57. The molecule has 4 nitrogen and oxygen atoms in total. The van der Waals surface area contributed by atoms with Crippen LogP contribution in [0, 0.1) is 6.92 Å². The Morgan fingerprint density at radius 2 is 2.04 bits per heavy atom. The number of hydrogen-bond donors (Lipinski definition) is 2. The summed E-state index contributed by atoms with van der Waals surface area (Å²) in [5.74, 6) is 0.571. The molecule has 7 heteroatoms. The van der Waals surface area contributed by atoms with Crippen molar-refractivity contribution in [1.82, 2.24) is 10.3 Å². The number of halogens is 2. The number of nitrogens with zero attached hydrogens (tertiary/aromatic N) is 1. The van der Waals surface area contributed by atoms with Crippen LogP contribution in [-0.4, -0.2) is 23.5 Å². The van der Waals surface area contributed by atoms with Crippen LogP contribution < -0.4 is 11.1 Å². The summed E-state index contributed by atoms with van der Waals surface area (Å²) in [7, 11) is 0. The molecule has 23 heavy (non-hydrogen) atoms. The van der Waals surface area contributed by atoms with Crippen LogP contribution in [0.3, 0.4) is 0 Å². The SMILES string of the molecule is CCCCC(CN)NC(=O)c1sc(C2CCCC2)nc1C.Cl.Cl. The molecular weight excluding hydrogens is 353 g/mol. The summed E-state index contributed by atoms with van der Waals surface area (Å²) in [6.07, 6.45) is 8.18. The fourth-order valence-corrected chi connectivity index (χ4v) is 4.06. The number of nitrogens with one attached hydrogen (secondary N) is 1. The van der Waals surface area contributed by atoms with Crippen LogP contribution in [0.15, 0.2) is 0 Å². The van der Waals surface area contributed by atoms with Gasteiger partial charge in [0.1, 0.15) is 4.88 Å². The lowest BCUT2D eigenvalue weighted by atomic mass is 10.1. The second kappa shape index (κ2) is 11.2. The van der Waals surface area contributed by atoms with Crippen LogP contribution in [0.2, 0.25) is 0 Å². The van der Waals surface area contributed by atoms with E-state index in [0.29, 0.717) is 12.5 Å². The van der Waals surface area contributed by atoms with E-state index >= 15 is 0 Å². The fourth-order valence-electron chi connectivity index (χ4n) is 2.93. The summed E-state index contributed by atoms with van der Waals surface area (Å²) in [6.45, 7) is 4.59. The second-order valence-corrected chi connectivity index (χ2v) is 7.03. The van der Waals surface area contributed by atoms with Crippen LogP contribution in [0.25, 0.3) is 0 Å². The van der Waals surface area contributed by atoms with Crippen LogP contribution in [-0.2, 0) is 0 Å². The number of carbonyl (C=O) groups excluding carboxylic acids is 1. The molecule has 1 aliphatic rings. The van der Waals surface area contributed by atoms with Crippen molar-refractivity contribution < 1.29 is 4.79 Å². The highest BCUT2D eigenvalue weighted by Crippen LogP contribution is 2.37. The lowest BCUT2D eigenvalue weighted by Gasteiger charge is -2.15. The fraction of sp³-hybridized carbons (Fsp3) is 0.750. The molecule has 134 valence electrons. The number of carbonyl (C=O) groups is 1.